The fourth-order valence-electron chi connectivity index (χ4n) is 4.27. The van der Waals surface area contributed by atoms with Gasteiger partial charge in [0.2, 0.25) is 10.0 Å². The van der Waals surface area contributed by atoms with Crippen molar-refractivity contribution in [3.8, 4) is 0 Å². The summed E-state index contributed by atoms with van der Waals surface area (Å²) in [7, 11) is -3.31. The molecule has 0 bridgehead atoms. The van der Waals surface area contributed by atoms with Crippen molar-refractivity contribution in [3.63, 3.8) is 0 Å². The Morgan fingerprint density at radius 3 is 2.68 bits per heavy atom. The smallest absolute Gasteiger partial charge is 0.217 e. The molecule has 2 heterocycles. The van der Waals surface area contributed by atoms with E-state index in [2.05, 4.69) is 30.1 Å². The zero-order valence-corrected chi connectivity index (χ0v) is 15.4. The Bertz CT molecular complexity index is 859. The van der Waals surface area contributed by atoms with E-state index in [9.17, 15) is 8.42 Å². The van der Waals surface area contributed by atoms with Crippen molar-refractivity contribution in [2.75, 3.05) is 6.54 Å². The first kappa shape index (κ1) is 16.7. The summed E-state index contributed by atoms with van der Waals surface area (Å²) in [5, 5.41) is -0.223. The molecule has 132 valence electrons. The average molecular weight is 356 g/mol. The first-order valence-corrected chi connectivity index (χ1v) is 10.6. The Hall–Kier alpha value is -1.72. The first-order valence-electron chi connectivity index (χ1n) is 9.07. The van der Waals surface area contributed by atoms with E-state index in [1.165, 1.54) is 11.1 Å². The predicted octanol–water partition coefficient (Wildman–Crippen LogP) is 3.61. The molecule has 25 heavy (non-hydrogen) atoms. The van der Waals surface area contributed by atoms with Crippen LogP contribution in [0.4, 0.5) is 0 Å². The number of fused-ring (bicyclic) bond motifs is 1. The van der Waals surface area contributed by atoms with Gasteiger partial charge in [0.05, 0.1) is 11.3 Å². The van der Waals surface area contributed by atoms with Gasteiger partial charge in [-0.15, -0.1) is 0 Å². The van der Waals surface area contributed by atoms with Gasteiger partial charge in [0.15, 0.2) is 0 Å². The summed E-state index contributed by atoms with van der Waals surface area (Å²) in [6, 6.07) is 9.98. The number of aryl methyl sites for hydroxylation is 1. The second-order valence-electron chi connectivity index (χ2n) is 7.20. The molecule has 1 aromatic carbocycles. The highest BCUT2D eigenvalue weighted by Crippen LogP contribution is 2.40. The van der Waals surface area contributed by atoms with Crippen LogP contribution in [0.5, 0.6) is 0 Å². The van der Waals surface area contributed by atoms with Gasteiger partial charge < -0.3 is 0 Å². The number of pyridine rings is 1. The topological polar surface area (TPSA) is 50.3 Å². The predicted molar refractivity (Wildman–Crippen MR) is 98.8 cm³/mol. The van der Waals surface area contributed by atoms with Crippen LogP contribution in [0.1, 0.15) is 54.0 Å². The zero-order valence-electron chi connectivity index (χ0n) is 14.6. The van der Waals surface area contributed by atoms with Gasteiger partial charge in [-0.25, -0.2) is 8.42 Å². The molecule has 0 radical (unpaired) electrons. The molecule has 1 aliphatic heterocycles. The van der Waals surface area contributed by atoms with Crippen molar-refractivity contribution in [3.05, 3.63) is 65.0 Å². The fraction of sp³-hybridized carbons (Fsp3) is 0.450. The molecule has 2 aliphatic rings. The minimum atomic E-state index is -3.31. The molecule has 1 saturated carbocycles. The Morgan fingerprint density at radius 1 is 1.16 bits per heavy atom. The summed E-state index contributed by atoms with van der Waals surface area (Å²) < 4.78 is 28.5. The van der Waals surface area contributed by atoms with Gasteiger partial charge in [-0.05, 0) is 48.9 Å². The van der Waals surface area contributed by atoms with Crippen molar-refractivity contribution in [2.24, 2.45) is 0 Å². The molecule has 0 amide bonds. The molecule has 0 N–H and O–H groups in total. The van der Waals surface area contributed by atoms with E-state index in [0.29, 0.717) is 6.54 Å². The lowest BCUT2D eigenvalue weighted by Crippen LogP contribution is -2.44. The van der Waals surface area contributed by atoms with Crippen LogP contribution in [0.3, 0.4) is 0 Å². The lowest BCUT2D eigenvalue weighted by atomic mass is 9.89. The van der Waals surface area contributed by atoms with E-state index in [1.54, 1.807) is 16.7 Å². The maximum absolute atomic E-state index is 13.4. The summed E-state index contributed by atoms with van der Waals surface area (Å²) in [6.07, 6.45) is 7.93. The molecule has 1 atom stereocenters. The van der Waals surface area contributed by atoms with Gasteiger partial charge in [0.1, 0.15) is 0 Å². The number of nitrogens with zero attached hydrogens (tertiary/aromatic N) is 2. The van der Waals surface area contributed by atoms with Gasteiger partial charge >= 0.3 is 0 Å². The van der Waals surface area contributed by atoms with Crippen LogP contribution >= 0.6 is 0 Å². The molecule has 2 aromatic rings. The maximum Gasteiger partial charge on any atom is 0.217 e. The first-order chi connectivity index (χ1) is 12.1. The van der Waals surface area contributed by atoms with Gasteiger partial charge in [-0.2, -0.15) is 4.31 Å². The van der Waals surface area contributed by atoms with Crippen molar-refractivity contribution in [1.82, 2.24) is 9.29 Å². The molecule has 5 heteroatoms. The van der Waals surface area contributed by atoms with Crippen molar-refractivity contribution >= 4 is 10.0 Å². The molecule has 4 rings (SSSR count). The molecule has 0 saturated heterocycles. The zero-order chi connectivity index (χ0) is 17.4. The Balaban J connectivity index is 1.82. The molecule has 1 unspecified atom stereocenters. The molecule has 1 aromatic heterocycles. The minimum absolute atomic E-state index is 0.223. The minimum Gasteiger partial charge on any atom is -0.264 e. The molecular formula is C20H24N2O2S. The Kier molecular flexibility index (Phi) is 4.38. The number of hydrogen-bond acceptors (Lipinski definition) is 3. The van der Waals surface area contributed by atoms with E-state index in [0.717, 1.165) is 43.2 Å². The highest BCUT2D eigenvalue weighted by atomic mass is 32.2. The van der Waals surface area contributed by atoms with Crippen molar-refractivity contribution in [2.45, 2.75) is 50.3 Å². The number of hydrogen-bond donors (Lipinski definition) is 0. The standard InChI is InChI=1S/C20H24N2O2S/c1-15-8-9-19-16(13-15)10-12-22(20(19)17-5-4-11-21-14-17)25(23,24)18-6-2-3-7-18/h4-5,8-9,11,13-14,18,20H,2-3,6-7,10,12H2,1H3. The van der Waals surface area contributed by atoms with E-state index in [-0.39, 0.29) is 11.3 Å². The monoisotopic (exact) mass is 356 g/mol. The van der Waals surface area contributed by atoms with E-state index >= 15 is 0 Å². The van der Waals surface area contributed by atoms with Crippen LogP contribution in [-0.2, 0) is 16.4 Å². The summed E-state index contributed by atoms with van der Waals surface area (Å²) in [4.78, 5) is 4.24. The quantitative estimate of drug-likeness (QED) is 0.844. The molecule has 1 fully saturated rings. The summed E-state index contributed by atoms with van der Waals surface area (Å²) in [5.74, 6) is 0. The lowest BCUT2D eigenvalue weighted by Gasteiger charge is -2.38. The number of sulfonamides is 1. The SMILES string of the molecule is Cc1ccc2c(c1)CCN(S(=O)(=O)C1CCCC1)C2c1cccnc1. The molecule has 1 aliphatic carbocycles. The third-order valence-electron chi connectivity index (χ3n) is 5.53. The summed E-state index contributed by atoms with van der Waals surface area (Å²) >= 11 is 0. The van der Waals surface area contributed by atoms with Crippen LogP contribution in [0.15, 0.2) is 42.7 Å². The van der Waals surface area contributed by atoms with Crippen LogP contribution in [0.25, 0.3) is 0 Å². The summed E-state index contributed by atoms with van der Waals surface area (Å²) in [5.41, 5.74) is 4.53. The normalized spacial score (nSPS) is 22.0. The van der Waals surface area contributed by atoms with Crippen LogP contribution < -0.4 is 0 Å². The third kappa shape index (κ3) is 3.00. The van der Waals surface area contributed by atoms with Gasteiger partial charge in [0, 0.05) is 18.9 Å². The van der Waals surface area contributed by atoms with Crippen molar-refractivity contribution in [1.29, 1.82) is 0 Å². The number of benzene rings is 1. The maximum atomic E-state index is 13.4. The Labute approximate surface area is 150 Å². The fourth-order valence-corrected chi connectivity index (χ4v) is 6.45. The number of aromatic nitrogens is 1. The molecule has 4 nitrogen and oxygen atoms in total. The highest BCUT2D eigenvalue weighted by molar-refractivity contribution is 7.89. The van der Waals surface area contributed by atoms with E-state index in [1.807, 2.05) is 12.1 Å². The van der Waals surface area contributed by atoms with Gasteiger partial charge in [-0.1, -0.05) is 42.7 Å². The molecular weight excluding hydrogens is 332 g/mol. The van der Waals surface area contributed by atoms with E-state index < -0.39 is 10.0 Å². The summed E-state index contributed by atoms with van der Waals surface area (Å²) in [6.45, 7) is 2.63. The third-order valence-corrected chi connectivity index (χ3v) is 7.89. The van der Waals surface area contributed by atoms with Crippen LogP contribution in [-0.4, -0.2) is 29.5 Å². The highest BCUT2D eigenvalue weighted by Gasteiger charge is 2.41. The molecule has 0 spiro atoms. The van der Waals surface area contributed by atoms with Gasteiger partial charge in [-0.3, -0.25) is 4.98 Å². The van der Waals surface area contributed by atoms with Crippen LogP contribution in [0, 0.1) is 6.92 Å². The van der Waals surface area contributed by atoms with Crippen LogP contribution in [0.2, 0.25) is 0 Å². The second kappa shape index (κ2) is 6.54. The average Bonchev–Trinajstić information content (AvgIpc) is 3.17. The van der Waals surface area contributed by atoms with Gasteiger partial charge in [0.25, 0.3) is 0 Å². The number of rotatable bonds is 3. The largest absolute Gasteiger partial charge is 0.264 e. The second-order valence-corrected chi connectivity index (χ2v) is 9.37. The van der Waals surface area contributed by atoms with Crippen molar-refractivity contribution < 1.29 is 8.42 Å². The van der Waals surface area contributed by atoms with E-state index in [4.69, 9.17) is 0 Å². The lowest BCUT2D eigenvalue weighted by molar-refractivity contribution is 0.338. The Morgan fingerprint density at radius 2 is 1.96 bits per heavy atom.